The molecule has 1 saturated carbocycles. The van der Waals surface area contributed by atoms with E-state index in [9.17, 15) is 4.79 Å². The van der Waals surface area contributed by atoms with Crippen molar-refractivity contribution in [2.45, 2.75) is 51.6 Å². The van der Waals surface area contributed by atoms with E-state index >= 15 is 0 Å². The van der Waals surface area contributed by atoms with Gasteiger partial charge in [-0.25, -0.2) is 0 Å². The van der Waals surface area contributed by atoms with Gasteiger partial charge < -0.3 is 20.6 Å². The molecule has 0 aromatic heterocycles. The van der Waals surface area contributed by atoms with Crippen LogP contribution in [0.1, 0.15) is 45.4 Å². The summed E-state index contributed by atoms with van der Waals surface area (Å²) in [5.74, 6) is 0.0501. The maximum Gasteiger partial charge on any atom is 0.236 e. The monoisotopic (exact) mass is 283 g/mol. The SMILES string of the molecule is CCN(CC1CCCO1)C(=O)C1(C(N)=NO)CCCC1. The van der Waals surface area contributed by atoms with E-state index in [1.807, 2.05) is 6.92 Å². The Balaban J connectivity index is 2.12. The molecule has 0 radical (unpaired) electrons. The van der Waals surface area contributed by atoms with E-state index in [1.54, 1.807) is 4.90 Å². The molecule has 20 heavy (non-hydrogen) atoms. The van der Waals surface area contributed by atoms with E-state index in [4.69, 9.17) is 15.7 Å². The summed E-state index contributed by atoms with van der Waals surface area (Å²) in [5.41, 5.74) is 5.03. The van der Waals surface area contributed by atoms with Crippen LogP contribution in [0.15, 0.2) is 5.16 Å². The number of nitrogens with zero attached hydrogens (tertiary/aromatic N) is 2. The lowest BCUT2D eigenvalue weighted by atomic mass is 9.83. The van der Waals surface area contributed by atoms with Crippen molar-refractivity contribution in [2.75, 3.05) is 19.7 Å². The molecule has 0 bridgehead atoms. The van der Waals surface area contributed by atoms with Crippen LogP contribution in [0, 0.1) is 5.41 Å². The van der Waals surface area contributed by atoms with Crippen LogP contribution in [-0.4, -0.2) is 47.7 Å². The third kappa shape index (κ3) is 2.75. The van der Waals surface area contributed by atoms with Crippen molar-refractivity contribution >= 4 is 11.7 Å². The van der Waals surface area contributed by atoms with Crippen LogP contribution in [0.25, 0.3) is 0 Å². The first-order valence-corrected chi connectivity index (χ1v) is 7.53. The Bertz CT molecular complexity index is 372. The van der Waals surface area contributed by atoms with Crippen LogP contribution in [0.3, 0.4) is 0 Å². The van der Waals surface area contributed by atoms with Crippen LogP contribution in [-0.2, 0) is 9.53 Å². The number of likely N-dealkylation sites (N-methyl/N-ethyl adjacent to an activating group) is 1. The Kier molecular flexibility index (Phi) is 4.86. The first-order valence-electron chi connectivity index (χ1n) is 7.53. The molecule has 6 heteroatoms. The van der Waals surface area contributed by atoms with Gasteiger partial charge in [0.2, 0.25) is 5.91 Å². The zero-order valence-electron chi connectivity index (χ0n) is 12.2. The molecule has 1 unspecified atom stereocenters. The maximum atomic E-state index is 12.9. The number of hydrogen-bond donors (Lipinski definition) is 2. The molecule has 114 valence electrons. The average Bonchev–Trinajstić information content (AvgIpc) is 3.14. The van der Waals surface area contributed by atoms with E-state index in [2.05, 4.69) is 5.16 Å². The Morgan fingerprint density at radius 2 is 2.15 bits per heavy atom. The quantitative estimate of drug-likeness (QED) is 0.345. The number of rotatable bonds is 5. The van der Waals surface area contributed by atoms with Crippen molar-refractivity contribution in [1.82, 2.24) is 4.90 Å². The van der Waals surface area contributed by atoms with Gasteiger partial charge in [0.15, 0.2) is 5.84 Å². The summed E-state index contributed by atoms with van der Waals surface area (Å²) in [4.78, 5) is 14.7. The van der Waals surface area contributed by atoms with Gasteiger partial charge in [-0.1, -0.05) is 18.0 Å². The molecule has 1 atom stereocenters. The standard InChI is InChI=1S/C14H25N3O3/c1-2-17(10-11-6-5-9-20-11)13(18)14(12(15)16-19)7-3-4-8-14/h11,19H,2-10H2,1H3,(H2,15,16). The van der Waals surface area contributed by atoms with Crippen molar-refractivity contribution in [3.8, 4) is 0 Å². The molecule has 3 N–H and O–H groups in total. The van der Waals surface area contributed by atoms with Crippen molar-refractivity contribution in [2.24, 2.45) is 16.3 Å². The van der Waals surface area contributed by atoms with Gasteiger partial charge in [-0.05, 0) is 32.6 Å². The number of carbonyl (C=O) groups is 1. The number of hydrogen-bond acceptors (Lipinski definition) is 4. The van der Waals surface area contributed by atoms with Crippen LogP contribution in [0.4, 0.5) is 0 Å². The van der Waals surface area contributed by atoms with Gasteiger partial charge in [0.05, 0.1) is 6.10 Å². The lowest BCUT2D eigenvalue weighted by Gasteiger charge is -2.34. The predicted octanol–water partition coefficient (Wildman–Crippen LogP) is 1.32. The molecule has 6 nitrogen and oxygen atoms in total. The Morgan fingerprint density at radius 1 is 1.45 bits per heavy atom. The summed E-state index contributed by atoms with van der Waals surface area (Å²) in [5, 5.41) is 12.1. The van der Waals surface area contributed by atoms with Gasteiger partial charge >= 0.3 is 0 Å². The second-order valence-corrected chi connectivity index (χ2v) is 5.75. The normalized spacial score (nSPS) is 25.9. The molecular formula is C14H25N3O3. The molecule has 1 heterocycles. The van der Waals surface area contributed by atoms with Gasteiger partial charge in [-0.2, -0.15) is 0 Å². The number of amides is 1. The largest absolute Gasteiger partial charge is 0.409 e. The summed E-state index contributed by atoms with van der Waals surface area (Å²) in [6, 6.07) is 0. The number of oxime groups is 1. The van der Waals surface area contributed by atoms with Gasteiger partial charge in [0, 0.05) is 19.7 Å². The fourth-order valence-electron chi connectivity index (χ4n) is 3.35. The highest BCUT2D eigenvalue weighted by Gasteiger charge is 2.47. The first-order chi connectivity index (χ1) is 9.64. The molecule has 2 aliphatic rings. The lowest BCUT2D eigenvalue weighted by Crippen LogP contribution is -2.51. The minimum Gasteiger partial charge on any atom is -0.409 e. The van der Waals surface area contributed by atoms with Crippen molar-refractivity contribution in [3.63, 3.8) is 0 Å². The third-order valence-electron chi connectivity index (χ3n) is 4.58. The highest BCUT2D eigenvalue weighted by Crippen LogP contribution is 2.40. The zero-order valence-corrected chi connectivity index (χ0v) is 12.2. The lowest BCUT2D eigenvalue weighted by molar-refractivity contribution is -0.139. The molecule has 0 spiro atoms. The molecule has 1 aliphatic heterocycles. The van der Waals surface area contributed by atoms with Crippen LogP contribution in [0.2, 0.25) is 0 Å². The van der Waals surface area contributed by atoms with E-state index in [1.165, 1.54) is 0 Å². The van der Waals surface area contributed by atoms with Crippen LogP contribution in [0.5, 0.6) is 0 Å². The van der Waals surface area contributed by atoms with Crippen molar-refractivity contribution in [3.05, 3.63) is 0 Å². The molecule has 1 amide bonds. The van der Waals surface area contributed by atoms with E-state index in [0.717, 1.165) is 32.3 Å². The summed E-state index contributed by atoms with van der Waals surface area (Å²) in [6.07, 6.45) is 5.42. The van der Waals surface area contributed by atoms with Crippen LogP contribution >= 0.6 is 0 Å². The topological polar surface area (TPSA) is 88.2 Å². The number of amidine groups is 1. The van der Waals surface area contributed by atoms with Gasteiger partial charge in [0.25, 0.3) is 0 Å². The van der Waals surface area contributed by atoms with E-state index < -0.39 is 5.41 Å². The molecule has 0 aromatic rings. The molecule has 2 rings (SSSR count). The summed E-state index contributed by atoms with van der Waals surface area (Å²) in [7, 11) is 0. The van der Waals surface area contributed by atoms with Gasteiger partial charge in [-0.3, -0.25) is 4.79 Å². The zero-order chi connectivity index (χ0) is 14.6. The smallest absolute Gasteiger partial charge is 0.236 e. The van der Waals surface area contributed by atoms with Crippen LogP contribution < -0.4 is 5.73 Å². The minimum atomic E-state index is -0.802. The first kappa shape index (κ1) is 15.1. The van der Waals surface area contributed by atoms with E-state index in [-0.39, 0.29) is 17.8 Å². The van der Waals surface area contributed by atoms with E-state index in [0.29, 0.717) is 25.9 Å². The molecule has 1 saturated heterocycles. The molecular weight excluding hydrogens is 258 g/mol. The summed E-state index contributed by atoms with van der Waals surface area (Å²) >= 11 is 0. The van der Waals surface area contributed by atoms with Gasteiger partial charge in [-0.15, -0.1) is 0 Å². The fraction of sp³-hybridized carbons (Fsp3) is 0.857. The molecule has 0 aromatic carbocycles. The third-order valence-corrected chi connectivity index (χ3v) is 4.58. The molecule has 2 fully saturated rings. The minimum absolute atomic E-state index is 0.0108. The number of carbonyl (C=O) groups excluding carboxylic acids is 1. The number of nitrogens with two attached hydrogens (primary N) is 1. The average molecular weight is 283 g/mol. The number of ether oxygens (including phenoxy) is 1. The Hall–Kier alpha value is -1.30. The van der Waals surface area contributed by atoms with Crippen molar-refractivity contribution in [1.29, 1.82) is 0 Å². The second kappa shape index (κ2) is 6.43. The summed E-state index contributed by atoms with van der Waals surface area (Å²) < 4.78 is 5.61. The van der Waals surface area contributed by atoms with Gasteiger partial charge in [0.1, 0.15) is 5.41 Å². The Labute approximate surface area is 119 Å². The maximum absolute atomic E-state index is 12.9. The molecule has 1 aliphatic carbocycles. The highest BCUT2D eigenvalue weighted by atomic mass is 16.5. The highest BCUT2D eigenvalue weighted by molar-refractivity contribution is 6.07. The Morgan fingerprint density at radius 3 is 2.65 bits per heavy atom. The van der Waals surface area contributed by atoms with Crippen molar-refractivity contribution < 1.29 is 14.7 Å². The second-order valence-electron chi connectivity index (χ2n) is 5.75. The fourth-order valence-corrected chi connectivity index (χ4v) is 3.35. The summed E-state index contributed by atoms with van der Waals surface area (Å²) in [6.45, 7) is 3.97. The predicted molar refractivity (Wildman–Crippen MR) is 75.5 cm³/mol.